The highest BCUT2D eigenvalue weighted by molar-refractivity contribution is 9.10. The molecule has 7 heteroatoms. The number of methoxy groups -OCH3 is 1. The molecule has 3 aromatic rings. The molecule has 1 aromatic heterocycles. The number of carbonyl (C=O) groups is 2. The zero-order valence-corrected chi connectivity index (χ0v) is 18.9. The molecule has 0 aliphatic heterocycles. The minimum atomic E-state index is -0.467. The van der Waals surface area contributed by atoms with E-state index < -0.39 is 5.97 Å². The molecule has 0 aliphatic carbocycles. The zero-order chi connectivity index (χ0) is 21.5. The van der Waals surface area contributed by atoms with Crippen LogP contribution in [0.2, 0.25) is 0 Å². The van der Waals surface area contributed by atoms with Gasteiger partial charge in [-0.15, -0.1) is 11.3 Å². The van der Waals surface area contributed by atoms with Crippen molar-refractivity contribution >= 4 is 50.2 Å². The van der Waals surface area contributed by atoms with Gasteiger partial charge in [-0.25, -0.2) is 4.79 Å². The molecule has 0 fully saturated rings. The van der Waals surface area contributed by atoms with E-state index in [0.717, 1.165) is 26.9 Å². The van der Waals surface area contributed by atoms with E-state index in [1.54, 1.807) is 20.1 Å². The summed E-state index contributed by atoms with van der Waals surface area (Å²) in [5.74, 6) is -0.0542. The van der Waals surface area contributed by atoms with Crippen LogP contribution in [-0.4, -0.2) is 25.6 Å². The number of thiophene rings is 1. The van der Waals surface area contributed by atoms with Gasteiger partial charge in [-0.3, -0.25) is 4.79 Å². The monoisotopic (exact) mass is 485 g/mol. The first kappa shape index (κ1) is 21.8. The number of hydrogen-bond acceptors (Lipinski definition) is 5. The van der Waals surface area contributed by atoms with Gasteiger partial charge in [0.15, 0.2) is 0 Å². The standard InChI is InChI=1S/C23H20BrNO4S/c1-3-29-23(27)21-19(16-7-9-17(24)10-8-16)14-30-22(21)25-20(26)13-6-15-4-11-18(28-2)12-5-15/h4-14H,3H2,1-2H3,(H,25,26). The van der Waals surface area contributed by atoms with Gasteiger partial charge in [0.25, 0.3) is 0 Å². The number of carbonyl (C=O) groups excluding carboxylic acids is 2. The van der Waals surface area contributed by atoms with Crippen LogP contribution >= 0.6 is 27.3 Å². The first-order valence-electron chi connectivity index (χ1n) is 9.19. The Morgan fingerprint density at radius 1 is 1.10 bits per heavy atom. The summed E-state index contributed by atoms with van der Waals surface area (Å²) in [6.45, 7) is 2.00. The van der Waals surface area contributed by atoms with Crippen LogP contribution in [0.5, 0.6) is 5.75 Å². The lowest BCUT2D eigenvalue weighted by Crippen LogP contribution is -2.12. The molecule has 0 bridgehead atoms. The molecule has 1 amide bonds. The molecule has 0 spiro atoms. The predicted octanol–water partition coefficient (Wildman–Crippen LogP) is 6.01. The maximum Gasteiger partial charge on any atom is 0.341 e. The van der Waals surface area contributed by atoms with E-state index >= 15 is 0 Å². The maximum atomic E-state index is 12.6. The second kappa shape index (κ2) is 10.2. The van der Waals surface area contributed by atoms with Gasteiger partial charge in [-0.1, -0.05) is 40.2 Å². The Labute approximate surface area is 187 Å². The molecule has 2 aromatic carbocycles. The molecule has 0 unspecified atom stereocenters. The van der Waals surface area contributed by atoms with Crippen molar-refractivity contribution in [3.05, 3.63) is 75.6 Å². The van der Waals surface area contributed by atoms with E-state index in [1.807, 2.05) is 53.9 Å². The molecule has 1 N–H and O–H groups in total. The second-order valence-corrected chi connectivity index (χ2v) is 7.97. The molecule has 1 heterocycles. The quantitative estimate of drug-likeness (QED) is 0.328. The zero-order valence-electron chi connectivity index (χ0n) is 16.5. The number of halogens is 1. The second-order valence-electron chi connectivity index (χ2n) is 6.18. The number of benzene rings is 2. The van der Waals surface area contributed by atoms with Crippen molar-refractivity contribution in [3.63, 3.8) is 0 Å². The average molecular weight is 486 g/mol. The maximum absolute atomic E-state index is 12.6. The lowest BCUT2D eigenvalue weighted by Gasteiger charge is -2.08. The molecular weight excluding hydrogens is 466 g/mol. The molecule has 0 saturated heterocycles. The van der Waals surface area contributed by atoms with Gasteiger partial charge in [-0.2, -0.15) is 0 Å². The fourth-order valence-electron chi connectivity index (χ4n) is 2.74. The Kier molecular flexibility index (Phi) is 7.43. The molecule has 0 aliphatic rings. The summed E-state index contributed by atoms with van der Waals surface area (Å²) in [5.41, 5.74) is 2.81. The van der Waals surface area contributed by atoms with E-state index in [-0.39, 0.29) is 12.5 Å². The summed E-state index contributed by atoms with van der Waals surface area (Å²) in [7, 11) is 1.60. The van der Waals surface area contributed by atoms with Crippen molar-refractivity contribution < 1.29 is 19.1 Å². The Balaban J connectivity index is 1.83. The highest BCUT2D eigenvalue weighted by atomic mass is 79.9. The topological polar surface area (TPSA) is 64.6 Å². The van der Waals surface area contributed by atoms with Crippen molar-refractivity contribution in [1.82, 2.24) is 0 Å². The number of amides is 1. The Hall–Kier alpha value is -2.90. The van der Waals surface area contributed by atoms with E-state index in [0.29, 0.717) is 10.6 Å². The SMILES string of the molecule is CCOC(=O)c1c(-c2ccc(Br)cc2)csc1NC(=O)C=Cc1ccc(OC)cc1. The highest BCUT2D eigenvalue weighted by Crippen LogP contribution is 2.36. The van der Waals surface area contributed by atoms with Crippen molar-refractivity contribution in [2.75, 3.05) is 19.0 Å². The van der Waals surface area contributed by atoms with Gasteiger partial charge in [0.1, 0.15) is 16.3 Å². The lowest BCUT2D eigenvalue weighted by molar-refractivity contribution is -0.111. The van der Waals surface area contributed by atoms with Crippen LogP contribution in [0.3, 0.4) is 0 Å². The number of esters is 1. The van der Waals surface area contributed by atoms with Gasteiger partial charge in [0, 0.05) is 21.5 Å². The molecule has 5 nitrogen and oxygen atoms in total. The van der Waals surface area contributed by atoms with Crippen LogP contribution in [0.1, 0.15) is 22.8 Å². The first-order chi connectivity index (χ1) is 14.5. The van der Waals surface area contributed by atoms with E-state index in [1.165, 1.54) is 17.4 Å². The van der Waals surface area contributed by atoms with E-state index in [9.17, 15) is 9.59 Å². The van der Waals surface area contributed by atoms with Crippen LogP contribution in [0.15, 0.2) is 64.5 Å². The fraction of sp³-hybridized carbons (Fsp3) is 0.130. The Morgan fingerprint density at radius 3 is 2.43 bits per heavy atom. The molecule has 30 heavy (non-hydrogen) atoms. The summed E-state index contributed by atoms with van der Waals surface area (Å²) in [6.07, 6.45) is 3.12. The largest absolute Gasteiger partial charge is 0.497 e. The summed E-state index contributed by atoms with van der Waals surface area (Å²) in [4.78, 5) is 25.1. The third-order valence-corrected chi connectivity index (χ3v) is 5.63. The number of anilines is 1. The Morgan fingerprint density at radius 2 is 1.80 bits per heavy atom. The number of hydrogen-bond donors (Lipinski definition) is 1. The highest BCUT2D eigenvalue weighted by Gasteiger charge is 2.22. The van der Waals surface area contributed by atoms with Crippen LogP contribution < -0.4 is 10.1 Å². The van der Waals surface area contributed by atoms with Crippen molar-refractivity contribution in [2.24, 2.45) is 0 Å². The van der Waals surface area contributed by atoms with Crippen LogP contribution in [0.25, 0.3) is 17.2 Å². The average Bonchev–Trinajstić information content (AvgIpc) is 3.17. The van der Waals surface area contributed by atoms with Crippen LogP contribution in [0, 0.1) is 0 Å². The van der Waals surface area contributed by atoms with Crippen molar-refractivity contribution in [1.29, 1.82) is 0 Å². The van der Waals surface area contributed by atoms with Gasteiger partial charge >= 0.3 is 5.97 Å². The van der Waals surface area contributed by atoms with Gasteiger partial charge in [0.05, 0.1) is 13.7 Å². The molecule has 0 saturated carbocycles. The third-order valence-electron chi connectivity index (χ3n) is 4.21. The van der Waals surface area contributed by atoms with Gasteiger partial charge in [-0.05, 0) is 48.4 Å². The Bertz CT molecular complexity index is 1060. The molecule has 3 rings (SSSR count). The van der Waals surface area contributed by atoms with Gasteiger partial charge < -0.3 is 14.8 Å². The lowest BCUT2D eigenvalue weighted by atomic mass is 10.0. The van der Waals surface area contributed by atoms with Crippen molar-refractivity contribution in [3.8, 4) is 16.9 Å². The fourth-order valence-corrected chi connectivity index (χ4v) is 3.96. The smallest absolute Gasteiger partial charge is 0.341 e. The summed E-state index contributed by atoms with van der Waals surface area (Å²) >= 11 is 4.70. The van der Waals surface area contributed by atoms with E-state index in [4.69, 9.17) is 9.47 Å². The molecular formula is C23H20BrNO4S. The molecule has 0 radical (unpaired) electrons. The minimum Gasteiger partial charge on any atom is -0.497 e. The van der Waals surface area contributed by atoms with Crippen LogP contribution in [-0.2, 0) is 9.53 Å². The van der Waals surface area contributed by atoms with Gasteiger partial charge in [0.2, 0.25) is 5.91 Å². The van der Waals surface area contributed by atoms with E-state index in [2.05, 4.69) is 21.2 Å². The number of rotatable bonds is 7. The minimum absolute atomic E-state index is 0.249. The summed E-state index contributed by atoms with van der Waals surface area (Å²) in [5, 5.41) is 5.10. The molecule has 154 valence electrons. The molecule has 0 atom stereocenters. The number of nitrogens with one attached hydrogen (secondary N) is 1. The summed E-state index contributed by atoms with van der Waals surface area (Å²) in [6, 6.07) is 15.0. The van der Waals surface area contributed by atoms with Crippen molar-refractivity contribution in [2.45, 2.75) is 6.92 Å². The third kappa shape index (κ3) is 5.37. The summed E-state index contributed by atoms with van der Waals surface area (Å²) < 4.78 is 11.3. The first-order valence-corrected chi connectivity index (χ1v) is 10.9. The normalized spacial score (nSPS) is 10.8. The van der Waals surface area contributed by atoms with Crippen LogP contribution in [0.4, 0.5) is 5.00 Å². The predicted molar refractivity (Wildman–Crippen MR) is 124 cm³/mol. The number of ether oxygens (including phenoxy) is 2.